The number of anilines is 1. The molecular weight excluding hydrogens is 262 g/mol. The van der Waals surface area contributed by atoms with Gasteiger partial charge in [0.25, 0.3) is 0 Å². The van der Waals surface area contributed by atoms with Gasteiger partial charge in [-0.3, -0.25) is 0 Å². The normalized spacial score (nSPS) is 21.4. The summed E-state index contributed by atoms with van der Waals surface area (Å²) in [4.78, 5) is 4.76. The van der Waals surface area contributed by atoms with Crippen LogP contribution in [0.25, 0.3) is 0 Å². The molecule has 1 aliphatic heterocycles. The van der Waals surface area contributed by atoms with Crippen LogP contribution in [0.15, 0.2) is 6.07 Å². The molecule has 0 saturated heterocycles. The summed E-state index contributed by atoms with van der Waals surface area (Å²) in [7, 11) is 0. The van der Waals surface area contributed by atoms with Gasteiger partial charge in [0.2, 0.25) is 0 Å². The highest BCUT2D eigenvalue weighted by Gasteiger charge is 2.28. The first-order chi connectivity index (χ1) is 10.1. The molecule has 1 saturated carbocycles. The van der Waals surface area contributed by atoms with Crippen molar-refractivity contribution in [2.45, 2.75) is 70.6 Å². The zero-order valence-electron chi connectivity index (χ0n) is 12.9. The van der Waals surface area contributed by atoms with Gasteiger partial charge in [0.05, 0.1) is 23.5 Å². The summed E-state index contributed by atoms with van der Waals surface area (Å²) < 4.78 is 5.81. The van der Waals surface area contributed by atoms with Gasteiger partial charge in [0.15, 0.2) is 0 Å². The number of hydrogen-bond donors (Lipinski definition) is 1. The number of nitrogens with zero attached hydrogens (tertiary/aromatic N) is 2. The van der Waals surface area contributed by atoms with Crippen molar-refractivity contribution >= 4 is 5.82 Å². The van der Waals surface area contributed by atoms with Crippen LogP contribution in [-0.4, -0.2) is 16.6 Å². The van der Waals surface area contributed by atoms with Gasteiger partial charge in [-0.1, -0.05) is 19.3 Å². The van der Waals surface area contributed by atoms with Gasteiger partial charge in [0.1, 0.15) is 11.9 Å². The van der Waals surface area contributed by atoms with Crippen LogP contribution in [0.3, 0.4) is 0 Å². The highest BCUT2D eigenvalue weighted by atomic mass is 16.5. The summed E-state index contributed by atoms with van der Waals surface area (Å²) in [5.41, 5.74) is 2.60. The van der Waals surface area contributed by atoms with Crippen molar-refractivity contribution in [1.29, 1.82) is 5.26 Å². The minimum atomic E-state index is -0.170. The molecular formula is C17H23N3O. The van der Waals surface area contributed by atoms with Gasteiger partial charge < -0.3 is 10.1 Å². The predicted octanol–water partition coefficient (Wildman–Crippen LogP) is 3.55. The zero-order chi connectivity index (χ0) is 14.9. The van der Waals surface area contributed by atoms with E-state index in [1.165, 1.54) is 32.1 Å². The second-order valence-corrected chi connectivity index (χ2v) is 6.81. The van der Waals surface area contributed by atoms with Crippen molar-refractivity contribution in [3.05, 3.63) is 22.9 Å². The van der Waals surface area contributed by atoms with Crippen LogP contribution in [0.4, 0.5) is 5.82 Å². The number of aromatic nitrogens is 1. The van der Waals surface area contributed by atoms with Crippen LogP contribution < -0.4 is 5.32 Å². The van der Waals surface area contributed by atoms with Gasteiger partial charge in [-0.05, 0) is 32.8 Å². The molecule has 0 aromatic carbocycles. The Labute approximate surface area is 126 Å². The quantitative estimate of drug-likeness (QED) is 0.902. The first kappa shape index (κ1) is 14.3. The molecule has 0 atom stereocenters. The Kier molecular flexibility index (Phi) is 3.86. The van der Waals surface area contributed by atoms with E-state index in [2.05, 4.69) is 25.2 Å². The number of nitriles is 1. The van der Waals surface area contributed by atoms with E-state index >= 15 is 0 Å². The number of ether oxygens (including phenoxy) is 1. The first-order valence-corrected chi connectivity index (χ1v) is 7.91. The molecule has 1 aromatic rings. The summed E-state index contributed by atoms with van der Waals surface area (Å²) in [6.07, 6.45) is 7.02. The van der Waals surface area contributed by atoms with E-state index in [0.717, 1.165) is 23.5 Å². The molecule has 4 nitrogen and oxygen atoms in total. The second-order valence-electron chi connectivity index (χ2n) is 6.81. The second kappa shape index (κ2) is 5.65. The lowest BCUT2D eigenvalue weighted by atomic mass is 9.94. The van der Waals surface area contributed by atoms with E-state index < -0.39 is 0 Å². The molecule has 21 heavy (non-hydrogen) atoms. The fourth-order valence-electron chi connectivity index (χ4n) is 3.23. The Hall–Kier alpha value is -1.60. The largest absolute Gasteiger partial charge is 0.370 e. The Bertz CT molecular complexity index is 568. The van der Waals surface area contributed by atoms with Gasteiger partial charge in [-0.2, -0.15) is 5.26 Å². The van der Waals surface area contributed by atoms with Crippen LogP contribution in [0.5, 0.6) is 0 Å². The standard InChI is InChI=1S/C17H23N3O/c1-17(2)9-15-13(11-21-17)8-12(10-18)16(20-15)19-14-6-4-3-5-7-14/h8,14H,3-7,9,11H2,1-2H3,(H,19,20). The number of fused-ring (bicyclic) bond motifs is 1. The van der Waals surface area contributed by atoms with Crippen molar-refractivity contribution < 1.29 is 4.74 Å². The van der Waals surface area contributed by atoms with Crippen LogP contribution in [-0.2, 0) is 17.8 Å². The summed E-state index contributed by atoms with van der Waals surface area (Å²) in [5, 5.41) is 12.9. The third-order valence-corrected chi connectivity index (χ3v) is 4.47. The van der Waals surface area contributed by atoms with E-state index in [9.17, 15) is 5.26 Å². The van der Waals surface area contributed by atoms with Crippen LogP contribution in [0.1, 0.15) is 62.8 Å². The number of pyridine rings is 1. The average molecular weight is 285 g/mol. The average Bonchev–Trinajstić information content (AvgIpc) is 2.47. The molecule has 3 rings (SSSR count). The highest BCUT2D eigenvalue weighted by molar-refractivity contribution is 5.55. The van der Waals surface area contributed by atoms with Gasteiger partial charge >= 0.3 is 0 Å². The molecule has 0 spiro atoms. The Morgan fingerprint density at radius 1 is 1.33 bits per heavy atom. The third-order valence-electron chi connectivity index (χ3n) is 4.47. The Morgan fingerprint density at radius 3 is 2.81 bits per heavy atom. The van der Waals surface area contributed by atoms with Crippen molar-refractivity contribution in [2.24, 2.45) is 0 Å². The molecule has 112 valence electrons. The molecule has 2 aliphatic rings. The van der Waals surface area contributed by atoms with Crippen molar-refractivity contribution in [3.8, 4) is 6.07 Å². The maximum Gasteiger partial charge on any atom is 0.144 e. The number of nitrogens with one attached hydrogen (secondary N) is 1. The van der Waals surface area contributed by atoms with Gasteiger partial charge in [-0.15, -0.1) is 0 Å². The lowest BCUT2D eigenvalue weighted by Crippen LogP contribution is -2.33. The smallest absolute Gasteiger partial charge is 0.144 e. The van der Waals surface area contributed by atoms with Crippen molar-refractivity contribution in [3.63, 3.8) is 0 Å². The fraction of sp³-hybridized carbons (Fsp3) is 0.647. The lowest BCUT2D eigenvalue weighted by Gasteiger charge is -2.32. The maximum absolute atomic E-state index is 9.38. The van der Waals surface area contributed by atoms with E-state index in [-0.39, 0.29) is 5.60 Å². The molecule has 0 amide bonds. The molecule has 0 bridgehead atoms. The Morgan fingerprint density at radius 2 is 2.10 bits per heavy atom. The third kappa shape index (κ3) is 3.19. The summed E-state index contributed by atoms with van der Waals surface area (Å²) >= 11 is 0. The molecule has 1 aliphatic carbocycles. The molecule has 0 radical (unpaired) electrons. The summed E-state index contributed by atoms with van der Waals surface area (Å²) in [5.74, 6) is 0.765. The summed E-state index contributed by atoms with van der Waals surface area (Å²) in [6, 6.07) is 4.68. The number of hydrogen-bond acceptors (Lipinski definition) is 4. The molecule has 1 N–H and O–H groups in total. The predicted molar refractivity (Wildman–Crippen MR) is 82.0 cm³/mol. The van der Waals surface area contributed by atoms with Crippen molar-refractivity contribution in [1.82, 2.24) is 4.98 Å². The molecule has 0 unspecified atom stereocenters. The van der Waals surface area contributed by atoms with Crippen LogP contribution >= 0.6 is 0 Å². The topological polar surface area (TPSA) is 57.9 Å². The maximum atomic E-state index is 9.38. The van der Waals surface area contributed by atoms with Gasteiger partial charge in [-0.25, -0.2) is 4.98 Å². The lowest BCUT2D eigenvalue weighted by molar-refractivity contribution is -0.0412. The summed E-state index contributed by atoms with van der Waals surface area (Å²) in [6.45, 7) is 4.72. The monoisotopic (exact) mass is 285 g/mol. The van der Waals surface area contributed by atoms with E-state index in [4.69, 9.17) is 9.72 Å². The van der Waals surface area contributed by atoms with Crippen LogP contribution in [0.2, 0.25) is 0 Å². The molecule has 4 heteroatoms. The zero-order valence-corrected chi connectivity index (χ0v) is 12.9. The SMILES string of the molecule is CC1(C)Cc2nc(NC3CCCCC3)c(C#N)cc2CO1. The number of rotatable bonds is 2. The molecule has 1 fully saturated rings. The first-order valence-electron chi connectivity index (χ1n) is 7.91. The molecule has 1 aromatic heterocycles. The minimum Gasteiger partial charge on any atom is -0.370 e. The van der Waals surface area contributed by atoms with E-state index in [0.29, 0.717) is 18.2 Å². The van der Waals surface area contributed by atoms with E-state index in [1.807, 2.05) is 6.07 Å². The van der Waals surface area contributed by atoms with Crippen molar-refractivity contribution in [2.75, 3.05) is 5.32 Å². The van der Waals surface area contributed by atoms with E-state index in [1.54, 1.807) is 0 Å². The van der Waals surface area contributed by atoms with Gasteiger partial charge in [0, 0.05) is 18.0 Å². The Balaban J connectivity index is 1.87. The van der Waals surface area contributed by atoms with Crippen LogP contribution in [0, 0.1) is 11.3 Å². The highest BCUT2D eigenvalue weighted by Crippen LogP contribution is 2.30. The minimum absolute atomic E-state index is 0.170. The molecule has 2 heterocycles. The fourth-order valence-corrected chi connectivity index (χ4v) is 3.23.